The van der Waals surface area contributed by atoms with E-state index in [0.717, 1.165) is 37.7 Å². The van der Waals surface area contributed by atoms with Crippen LogP contribution in [0.1, 0.15) is 16.7 Å². The van der Waals surface area contributed by atoms with E-state index in [9.17, 15) is 4.79 Å². The highest BCUT2D eigenvalue weighted by molar-refractivity contribution is 9.10. The number of aryl methyl sites for hydroxylation is 3. The zero-order chi connectivity index (χ0) is 15.1. The van der Waals surface area contributed by atoms with E-state index in [0.29, 0.717) is 5.58 Å². The third-order valence-corrected chi connectivity index (χ3v) is 4.94. The molecule has 1 aromatic heterocycles. The molecule has 0 bridgehead atoms. The fourth-order valence-corrected chi connectivity index (χ4v) is 3.02. The van der Waals surface area contributed by atoms with Gasteiger partial charge in [-0.25, -0.2) is 4.79 Å². The molecule has 0 aliphatic carbocycles. The van der Waals surface area contributed by atoms with Gasteiger partial charge in [-0.2, -0.15) is 0 Å². The van der Waals surface area contributed by atoms with Gasteiger partial charge >= 0.3 is 5.63 Å². The number of rotatable bonds is 1. The lowest BCUT2D eigenvalue weighted by Gasteiger charge is -2.12. The molecular weight excluding hydrogens is 328 g/mol. The average Bonchev–Trinajstić information content (AvgIpc) is 2.44. The van der Waals surface area contributed by atoms with Crippen LogP contribution >= 0.6 is 15.9 Å². The van der Waals surface area contributed by atoms with Crippen molar-refractivity contribution in [1.29, 1.82) is 0 Å². The molecule has 3 aromatic rings. The summed E-state index contributed by atoms with van der Waals surface area (Å²) in [4.78, 5) is 11.9. The predicted molar refractivity (Wildman–Crippen MR) is 89.8 cm³/mol. The minimum Gasteiger partial charge on any atom is -0.423 e. The molecule has 0 radical (unpaired) electrons. The van der Waals surface area contributed by atoms with Crippen molar-refractivity contribution in [2.75, 3.05) is 0 Å². The molecule has 0 spiro atoms. The molecule has 3 heteroatoms. The standard InChI is InChI=1S/C18H15BrO2/c1-10-5-4-6-13(7-10)14-9-16(20)21-15-8-11(2)18(19)12(3)17(14)15/h4-9H,1-3H3. The van der Waals surface area contributed by atoms with Gasteiger partial charge in [0.05, 0.1) is 0 Å². The average molecular weight is 343 g/mol. The molecule has 3 rings (SSSR count). The summed E-state index contributed by atoms with van der Waals surface area (Å²) in [7, 11) is 0. The summed E-state index contributed by atoms with van der Waals surface area (Å²) in [5, 5.41) is 0.984. The molecule has 0 amide bonds. The molecule has 2 aromatic carbocycles. The maximum Gasteiger partial charge on any atom is 0.336 e. The normalized spacial score (nSPS) is 11.0. The Hall–Kier alpha value is -1.87. The summed E-state index contributed by atoms with van der Waals surface area (Å²) in [6.45, 7) is 6.08. The van der Waals surface area contributed by atoms with Gasteiger partial charge in [0.1, 0.15) is 5.58 Å². The maximum atomic E-state index is 11.9. The second-order valence-electron chi connectivity index (χ2n) is 5.35. The van der Waals surface area contributed by atoms with E-state index in [1.165, 1.54) is 0 Å². The van der Waals surface area contributed by atoms with Crippen molar-refractivity contribution in [3.05, 3.63) is 68.0 Å². The molecule has 0 unspecified atom stereocenters. The largest absolute Gasteiger partial charge is 0.423 e. The monoisotopic (exact) mass is 342 g/mol. The maximum absolute atomic E-state index is 11.9. The van der Waals surface area contributed by atoms with Gasteiger partial charge in [0, 0.05) is 21.5 Å². The van der Waals surface area contributed by atoms with Gasteiger partial charge < -0.3 is 4.42 Å². The SMILES string of the molecule is Cc1cccc(-c2cc(=O)oc3cc(C)c(Br)c(C)c23)c1. The van der Waals surface area contributed by atoms with E-state index in [1.807, 2.05) is 45.0 Å². The van der Waals surface area contributed by atoms with Gasteiger partial charge in [-0.1, -0.05) is 45.8 Å². The van der Waals surface area contributed by atoms with Crippen LogP contribution in [0, 0.1) is 20.8 Å². The van der Waals surface area contributed by atoms with Crippen LogP contribution in [0.25, 0.3) is 22.1 Å². The predicted octanol–water partition coefficient (Wildman–Crippen LogP) is 5.15. The quantitative estimate of drug-likeness (QED) is 0.572. The Morgan fingerprint density at radius 1 is 1.05 bits per heavy atom. The van der Waals surface area contributed by atoms with Gasteiger partial charge in [-0.3, -0.25) is 0 Å². The van der Waals surface area contributed by atoms with Crippen LogP contribution in [0.4, 0.5) is 0 Å². The molecule has 0 saturated carbocycles. The van der Waals surface area contributed by atoms with Crippen molar-refractivity contribution >= 4 is 26.9 Å². The first-order valence-electron chi connectivity index (χ1n) is 6.78. The topological polar surface area (TPSA) is 30.2 Å². The van der Waals surface area contributed by atoms with Crippen LogP contribution in [-0.2, 0) is 0 Å². The van der Waals surface area contributed by atoms with Crippen molar-refractivity contribution in [1.82, 2.24) is 0 Å². The van der Waals surface area contributed by atoms with Gasteiger partial charge in [0.15, 0.2) is 0 Å². The Bertz CT molecular complexity index is 907. The molecule has 1 heterocycles. The lowest BCUT2D eigenvalue weighted by Crippen LogP contribution is -2.00. The van der Waals surface area contributed by atoms with Crippen molar-refractivity contribution < 1.29 is 4.42 Å². The van der Waals surface area contributed by atoms with Crippen LogP contribution in [0.2, 0.25) is 0 Å². The fraction of sp³-hybridized carbons (Fsp3) is 0.167. The number of benzene rings is 2. The van der Waals surface area contributed by atoms with E-state index in [-0.39, 0.29) is 5.63 Å². The van der Waals surface area contributed by atoms with Crippen molar-refractivity contribution in [3.8, 4) is 11.1 Å². The fourth-order valence-electron chi connectivity index (χ4n) is 2.71. The number of halogens is 1. The molecule has 0 N–H and O–H groups in total. The lowest BCUT2D eigenvalue weighted by atomic mass is 9.96. The van der Waals surface area contributed by atoms with Crippen LogP contribution in [0.3, 0.4) is 0 Å². The second-order valence-corrected chi connectivity index (χ2v) is 6.15. The highest BCUT2D eigenvalue weighted by Gasteiger charge is 2.14. The summed E-state index contributed by atoms with van der Waals surface area (Å²) < 4.78 is 6.45. The van der Waals surface area contributed by atoms with Gasteiger partial charge in [-0.05, 0) is 43.5 Å². The van der Waals surface area contributed by atoms with Crippen LogP contribution < -0.4 is 5.63 Å². The molecule has 0 aliphatic heterocycles. The van der Waals surface area contributed by atoms with Gasteiger partial charge in [0.25, 0.3) is 0 Å². The first-order chi connectivity index (χ1) is 9.97. The number of hydrogen-bond acceptors (Lipinski definition) is 2. The molecule has 2 nitrogen and oxygen atoms in total. The summed E-state index contributed by atoms with van der Waals surface area (Å²) in [6, 6.07) is 11.6. The third-order valence-electron chi connectivity index (χ3n) is 3.72. The Balaban J connectivity index is 2.47. The molecule has 0 atom stereocenters. The van der Waals surface area contributed by atoms with Gasteiger partial charge in [0.2, 0.25) is 0 Å². The third kappa shape index (κ3) is 2.42. The molecule has 106 valence electrons. The molecule has 0 saturated heterocycles. The van der Waals surface area contributed by atoms with E-state index in [4.69, 9.17) is 4.42 Å². The Labute approximate surface area is 131 Å². The molecule has 21 heavy (non-hydrogen) atoms. The summed E-state index contributed by atoms with van der Waals surface area (Å²) in [5.41, 5.74) is 5.58. The van der Waals surface area contributed by atoms with Crippen LogP contribution in [-0.4, -0.2) is 0 Å². The Morgan fingerprint density at radius 2 is 1.81 bits per heavy atom. The Kier molecular flexibility index (Phi) is 3.46. The first-order valence-corrected chi connectivity index (χ1v) is 7.57. The minimum absolute atomic E-state index is 0.319. The van der Waals surface area contributed by atoms with Crippen LogP contribution in [0.5, 0.6) is 0 Å². The summed E-state index contributed by atoms with van der Waals surface area (Å²) in [6.07, 6.45) is 0. The molecule has 0 fully saturated rings. The zero-order valence-corrected chi connectivity index (χ0v) is 13.7. The number of fused-ring (bicyclic) bond motifs is 1. The van der Waals surface area contributed by atoms with E-state index in [1.54, 1.807) is 6.07 Å². The van der Waals surface area contributed by atoms with E-state index >= 15 is 0 Å². The Morgan fingerprint density at radius 3 is 2.52 bits per heavy atom. The molecule has 0 aliphatic rings. The zero-order valence-electron chi connectivity index (χ0n) is 12.2. The smallest absolute Gasteiger partial charge is 0.336 e. The molecular formula is C18H15BrO2. The lowest BCUT2D eigenvalue weighted by molar-refractivity contribution is 0.561. The highest BCUT2D eigenvalue weighted by Crippen LogP contribution is 2.35. The number of hydrogen-bond donors (Lipinski definition) is 0. The van der Waals surface area contributed by atoms with E-state index in [2.05, 4.69) is 22.0 Å². The van der Waals surface area contributed by atoms with Crippen molar-refractivity contribution in [2.45, 2.75) is 20.8 Å². The summed E-state index contributed by atoms with van der Waals surface area (Å²) in [5.74, 6) is 0. The first kappa shape index (κ1) is 14.1. The second kappa shape index (κ2) is 5.15. The van der Waals surface area contributed by atoms with Crippen molar-refractivity contribution in [3.63, 3.8) is 0 Å². The highest BCUT2D eigenvalue weighted by atomic mass is 79.9. The van der Waals surface area contributed by atoms with Crippen molar-refractivity contribution in [2.24, 2.45) is 0 Å². The summed E-state index contributed by atoms with van der Waals surface area (Å²) >= 11 is 3.62. The van der Waals surface area contributed by atoms with E-state index < -0.39 is 0 Å². The minimum atomic E-state index is -0.319. The van der Waals surface area contributed by atoms with Gasteiger partial charge in [-0.15, -0.1) is 0 Å². The van der Waals surface area contributed by atoms with Crippen LogP contribution in [0.15, 0.2) is 50.1 Å².